The van der Waals surface area contributed by atoms with Gasteiger partial charge in [0.15, 0.2) is 18.9 Å². The number of hydrogen-bond acceptors (Lipinski definition) is 1. The van der Waals surface area contributed by atoms with Crippen molar-refractivity contribution >= 4 is 6.21 Å². The van der Waals surface area contributed by atoms with Gasteiger partial charge in [0, 0.05) is 41.6 Å². The molecule has 3 rings (SSSR count). The van der Waals surface area contributed by atoms with E-state index in [1.165, 1.54) is 11.1 Å². The average molecular weight is 317 g/mol. The lowest BCUT2D eigenvalue weighted by atomic mass is 9.87. The van der Waals surface area contributed by atoms with Crippen molar-refractivity contribution in [2.24, 2.45) is 4.99 Å². The molecule has 1 aromatic carbocycles. The first kappa shape index (κ1) is 16.4. The van der Waals surface area contributed by atoms with Gasteiger partial charge in [-0.2, -0.15) is 0 Å². The largest absolute Gasteiger partial charge is 0.260 e. The molecular formula is C22H25N2+. The third-order valence-electron chi connectivity index (χ3n) is 4.23. The van der Waals surface area contributed by atoms with Crippen LogP contribution in [0.2, 0.25) is 0 Å². The summed E-state index contributed by atoms with van der Waals surface area (Å²) in [4.78, 5) is 4.50. The Bertz CT molecular complexity index is 770. The highest BCUT2D eigenvalue weighted by Gasteiger charge is 2.13. The Morgan fingerprint density at radius 1 is 1.04 bits per heavy atom. The quantitative estimate of drug-likeness (QED) is 0.579. The summed E-state index contributed by atoms with van der Waals surface area (Å²) in [5, 5.41) is 0. The number of pyridine rings is 1. The molecule has 0 saturated carbocycles. The minimum absolute atomic E-state index is 0.205. The molecule has 0 fully saturated rings. The average Bonchev–Trinajstić information content (AvgIpc) is 3.07. The smallest absolute Gasteiger partial charge is 0.173 e. The molecule has 0 saturated heterocycles. The van der Waals surface area contributed by atoms with E-state index < -0.39 is 0 Å². The molecule has 0 bridgehead atoms. The maximum absolute atomic E-state index is 4.50. The van der Waals surface area contributed by atoms with E-state index in [1.807, 2.05) is 6.21 Å². The zero-order chi connectivity index (χ0) is 17.0. The fourth-order valence-corrected chi connectivity index (χ4v) is 2.67. The predicted octanol–water partition coefficient (Wildman–Crippen LogP) is 4.58. The first-order valence-corrected chi connectivity index (χ1v) is 8.49. The van der Waals surface area contributed by atoms with Crippen molar-refractivity contribution in [3.05, 3.63) is 89.4 Å². The highest BCUT2D eigenvalue weighted by molar-refractivity contribution is 5.80. The second kappa shape index (κ2) is 6.96. The summed E-state index contributed by atoms with van der Waals surface area (Å²) in [6.07, 6.45) is 13.3. The zero-order valence-electron chi connectivity index (χ0n) is 14.7. The van der Waals surface area contributed by atoms with Crippen LogP contribution < -0.4 is 4.57 Å². The highest BCUT2D eigenvalue weighted by Crippen LogP contribution is 2.22. The highest BCUT2D eigenvalue weighted by atomic mass is 14.9. The summed E-state index contributed by atoms with van der Waals surface area (Å²) < 4.78 is 2.19. The summed E-state index contributed by atoms with van der Waals surface area (Å²) in [6, 6.07) is 13.1. The number of nitrogens with zero attached hydrogens (tertiary/aromatic N) is 2. The summed E-state index contributed by atoms with van der Waals surface area (Å²) in [7, 11) is 0. The van der Waals surface area contributed by atoms with Gasteiger partial charge in [0.2, 0.25) is 0 Å². The van der Waals surface area contributed by atoms with Gasteiger partial charge in [0.25, 0.3) is 0 Å². The second-order valence-electron chi connectivity index (χ2n) is 7.30. The van der Waals surface area contributed by atoms with E-state index in [4.69, 9.17) is 0 Å². The third kappa shape index (κ3) is 4.29. The lowest BCUT2D eigenvalue weighted by Gasteiger charge is -2.18. The molecule has 0 unspecified atom stereocenters. The Kier molecular flexibility index (Phi) is 4.75. The van der Waals surface area contributed by atoms with Gasteiger partial charge in [-0.25, -0.2) is 4.57 Å². The molecule has 1 aromatic heterocycles. The van der Waals surface area contributed by atoms with Gasteiger partial charge in [-0.05, 0) is 17.1 Å². The molecule has 2 aromatic rings. The number of allylic oxidation sites excluding steroid dienone is 3. The van der Waals surface area contributed by atoms with E-state index in [9.17, 15) is 0 Å². The van der Waals surface area contributed by atoms with Crippen LogP contribution in [0.15, 0.2) is 77.7 Å². The van der Waals surface area contributed by atoms with Crippen LogP contribution in [0.3, 0.4) is 0 Å². The zero-order valence-corrected chi connectivity index (χ0v) is 14.7. The van der Waals surface area contributed by atoms with Gasteiger partial charge in [-0.1, -0.05) is 57.2 Å². The van der Waals surface area contributed by atoms with E-state index in [0.29, 0.717) is 0 Å². The first-order chi connectivity index (χ1) is 11.5. The Labute approximate surface area is 144 Å². The van der Waals surface area contributed by atoms with Crippen LogP contribution in [0.1, 0.15) is 43.9 Å². The minimum Gasteiger partial charge on any atom is -0.260 e. The molecule has 0 spiro atoms. The van der Waals surface area contributed by atoms with Crippen molar-refractivity contribution in [3.63, 3.8) is 0 Å². The van der Waals surface area contributed by atoms with Gasteiger partial charge >= 0.3 is 0 Å². The molecule has 2 heteroatoms. The van der Waals surface area contributed by atoms with Crippen LogP contribution in [0.4, 0.5) is 0 Å². The van der Waals surface area contributed by atoms with Crippen LogP contribution in [0.5, 0.6) is 0 Å². The molecule has 0 radical (unpaired) electrons. The lowest BCUT2D eigenvalue weighted by Crippen LogP contribution is -2.33. The number of benzene rings is 1. The third-order valence-corrected chi connectivity index (χ3v) is 4.23. The second-order valence-corrected chi connectivity index (χ2v) is 7.30. The summed E-state index contributed by atoms with van der Waals surface area (Å²) >= 11 is 0. The van der Waals surface area contributed by atoms with Crippen LogP contribution in [0.25, 0.3) is 0 Å². The summed E-state index contributed by atoms with van der Waals surface area (Å²) in [5.41, 5.74) is 5.14. The maximum atomic E-state index is 4.50. The summed E-state index contributed by atoms with van der Waals surface area (Å²) in [6.45, 7) is 7.62. The molecule has 122 valence electrons. The van der Waals surface area contributed by atoms with Gasteiger partial charge in [0.05, 0.1) is 0 Å². The Morgan fingerprint density at radius 2 is 1.75 bits per heavy atom. The molecule has 0 amide bonds. The predicted molar refractivity (Wildman–Crippen MR) is 100 cm³/mol. The van der Waals surface area contributed by atoms with E-state index in [-0.39, 0.29) is 5.41 Å². The minimum atomic E-state index is 0.205. The number of rotatable bonds is 4. The van der Waals surface area contributed by atoms with Crippen LogP contribution >= 0.6 is 0 Å². The van der Waals surface area contributed by atoms with Crippen LogP contribution in [-0.2, 0) is 12.0 Å². The fourth-order valence-electron chi connectivity index (χ4n) is 2.67. The first-order valence-electron chi connectivity index (χ1n) is 8.49. The topological polar surface area (TPSA) is 16.2 Å². The Balaban J connectivity index is 1.63. The van der Waals surface area contributed by atoms with Gasteiger partial charge < -0.3 is 0 Å². The molecule has 1 aliphatic rings. The molecule has 24 heavy (non-hydrogen) atoms. The lowest BCUT2D eigenvalue weighted by molar-refractivity contribution is -0.688. The number of aromatic nitrogens is 1. The van der Waals surface area contributed by atoms with Crippen molar-refractivity contribution in [1.82, 2.24) is 0 Å². The van der Waals surface area contributed by atoms with E-state index in [0.717, 1.165) is 24.2 Å². The van der Waals surface area contributed by atoms with Gasteiger partial charge in [-0.15, -0.1) is 0 Å². The van der Waals surface area contributed by atoms with Crippen molar-refractivity contribution in [2.75, 3.05) is 0 Å². The fraction of sp³-hybridized carbons (Fsp3) is 0.273. The molecular weight excluding hydrogens is 292 g/mol. The Hall–Kier alpha value is -2.48. The number of hydrogen-bond donors (Lipinski definition) is 0. The van der Waals surface area contributed by atoms with Gasteiger partial charge in [-0.3, -0.25) is 4.99 Å². The number of aliphatic imine (C=N–C) groups is 1. The standard InChI is InChI=1S/C22H25N2/c1-22(2,3)20-10-8-19(9-11-20)17-24-14-12-18(13-15-24)16-23-21-6-4-5-7-21/h4-6,8-16H,7,17H2,1-3H3/q+1. The van der Waals surface area contributed by atoms with E-state index >= 15 is 0 Å². The van der Waals surface area contributed by atoms with Gasteiger partial charge in [0.1, 0.15) is 0 Å². The molecule has 0 atom stereocenters. The van der Waals surface area contributed by atoms with Crippen molar-refractivity contribution in [1.29, 1.82) is 0 Å². The Morgan fingerprint density at radius 3 is 2.33 bits per heavy atom. The SMILES string of the molecule is CC(C)(C)c1ccc(C[n+]2ccc(C=NC3=CC=CC3)cc2)cc1. The van der Waals surface area contributed by atoms with Crippen molar-refractivity contribution < 1.29 is 4.57 Å². The van der Waals surface area contributed by atoms with Crippen molar-refractivity contribution in [3.8, 4) is 0 Å². The molecule has 0 N–H and O–H groups in total. The van der Waals surface area contributed by atoms with Crippen LogP contribution in [-0.4, -0.2) is 6.21 Å². The summed E-state index contributed by atoms with van der Waals surface area (Å²) in [5.74, 6) is 0. The molecule has 0 aliphatic heterocycles. The monoisotopic (exact) mass is 317 g/mol. The van der Waals surface area contributed by atoms with Crippen LogP contribution in [0, 0.1) is 0 Å². The van der Waals surface area contributed by atoms with E-state index in [2.05, 4.69) is 97.4 Å². The maximum Gasteiger partial charge on any atom is 0.173 e. The van der Waals surface area contributed by atoms with Crippen molar-refractivity contribution in [2.45, 2.75) is 39.2 Å². The molecule has 2 nitrogen and oxygen atoms in total. The van der Waals surface area contributed by atoms with E-state index in [1.54, 1.807) is 0 Å². The molecule has 1 heterocycles. The normalized spacial score (nSPS) is 14.4. The molecule has 1 aliphatic carbocycles.